The Morgan fingerprint density at radius 1 is 1.23 bits per heavy atom. The lowest BCUT2D eigenvalue weighted by Gasteiger charge is -2.07. The number of thiophene rings is 1. The minimum Gasteiger partial charge on any atom is -0.326 e. The Morgan fingerprint density at radius 3 is 2.77 bits per heavy atom. The van der Waals surface area contributed by atoms with E-state index < -0.39 is 0 Å². The second kappa shape index (κ2) is 7.04. The van der Waals surface area contributed by atoms with Crippen LogP contribution in [0.25, 0.3) is 5.69 Å². The third kappa shape index (κ3) is 3.83. The van der Waals surface area contributed by atoms with Crippen molar-refractivity contribution in [2.75, 3.05) is 5.32 Å². The summed E-state index contributed by atoms with van der Waals surface area (Å²) in [6.07, 6.45) is 7.75. The van der Waals surface area contributed by atoms with Gasteiger partial charge >= 0.3 is 0 Å². The Hall–Kier alpha value is -2.40. The molecule has 0 saturated carbocycles. The van der Waals surface area contributed by atoms with Crippen molar-refractivity contribution in [1.29, 1.82) is 0 Å². The van der Waals surface area contributed by atoms with Gasteiger partial charge in [0.15, 0.2) is 0 Å². The van der Waals surface area contributed by atoms with Gasteiger partial charge < -0.3 is 9.88 Å². The molecule has 0 aliphatic heterocycles. The van der Waals surface area contributed by atoms with Gasteiger partial charge in [-0.1, -0.05) is 6.07 Å². The molecule has 1 N–H and O–H groups in total. The maximum Gasteiger partial charge on any atom is 0.224 e. The highest BCUT2D eigenvalue weighted by Crippen LogP contribution is 2.15. The topological polar surface area (TPSA) is 46.9 Å². The number of nitrogens with one attached hydrogen (secondary N) is 1. The predicted molar refractivity (Wildman–Crippen MR) is 89.5 cm³/mol. The van der Waals surface area contributed by atoms with Crippen LogP contribution < -0.4 is 5.32 Å². The quantitative estimate of drug-likeness (QED) is 0.750. The van der Waals surface area contributed by atoms with Gasteiger partial charge in [-0.3, -0.25) is 4.79 Å². The van der Waals surface area contributed by atoms with Crippen LogP contribution in [0, 0.1) is 0 Å². The van der Waals surface area contributed by atoms with Crippen molar-refractivity contribution in [3.05, 3.63) is 65.4 Å². The molecular weight excluding hydrogens is 294 g/mol. The number of hydrogen-bond donors (Lipinski definition) is 1. The number of carbonyl (C=O) groups is 1. The van der Waals surface area contributed by atoms with E-state index in [2.05, 4.69) is 21.7 Å². The van der Waals surface area contributed by atoms with Crippen molar-refractivity contribution >= 4 is 22.9 Å². The molecule has 0 spiro atoms. The van der Waals surface area contributed by atoms with Gasteiger partial charge in [0.25, 0.3) is 0 Å². The molecule has 2 aromatic heterocycles. The lowest BCUT2D eigenvalue weighted by Crippen LogP contribution is -2.11. The van der Waals surface area contributed by atoms with E-state index in [-0.39, 0.29) is 5.91 Å². The molecule has 0 saturated heterocycles. The summed E-state index contributed by atoms with van der Waals surface area (Å²) in [7, 11) is 0. The number of anilines is 1. The van der Waals surface area contributed by atoms with Crippen molar-refractivity contribution in [3.63, 3.8) is 0 Å². The fourth-order valence-electron chi connectivity index (χ4n) is 2.23. The van der Waals surface area contributed by atoms with Gasteiger partial charge in [-0.25, -0.2) is 4.98 Å². The van der Waals surface area contributed by atoms with E-state index in [4.69, 9.17) is 0 Å². The van der Waals surface area contributed by atoms with Gasteiger partial charge in [0.1, 0.15) is 0 Å². The predicted octanol–water partition coefficient (Wildman–Crippen LogP) is 3.90. The van der Waals surface area contributed by atoms with Crippen LogP contribution in [-0.4, -0.2) is 15.5 Å². The SMILES string of the molecule is O=C(CCCc1cccs1)Nc1ccc(-n2ccnc2)cc1. The largest absolute Gasteiger partial charge is 0.326 e. The van der Waals surface area contributed by atoms with Crippen molar-refractivity contribution in [2.24, 2.45) is 0 Å². The van der Waals surface area contributed by atoms with Gasteiger partial charge in [0.2, 0.25) is 5.91 Å². The molecule has 3 aromatic rings. The average Bonchev–Trinajstić information content (AvgIpc) is 3.21. The minimum absolute atomic E-state index is 0.0620. The summed E-state index contributed by atoms with van der Waals surface area (Å²) < 4.78 is 1.92. The van der Waals surface area contributed by atoms with Crippen LogP contribution in [0.15, 0.2) is 60.5 Å². The number of amides is 1. The van der Waals surface area contributed by atoms with Crippen LogP contribution >= 0.6 is 11.3 Å². The second-order valence-electron chi connectivity index (χ2n) is 5.00. The molecule has 22 heavy (non-hydrogen) atoms. The first-order valence-electron chi connectivity index (χ1n) is 7.22. The molecule has 0 aliphatic carbocycles. The molecule has 2 heterocycles. The lowest BCUT2D eigenvalue weighted by molar-refractivity contribution is -0.116. The fraction of sp³-hybridized carbons (Fsp3) is 0.176. The van der Waals surface area contributed by atoms with Gasteiger partial charge in [0.05, 0.1) is 6.33 Å². The number of aryl methyl sites for hydroxylation is 1. The van der Waals surface area contributed by atoms with Crippen LogP contribution in [0.4, 0.5) is 5.69 Å². The molecular formula is C17H17N3OS. The second-order valence-corrected chi connectivity index (χ2v) is 6.03. The molecule has 1 aromatic carbocycles. The zero-order valence-corrected chi connectivity index (χ0v) is 12.9. The first-order valence-corrected chi connectivity index (χ1v) is 8.10. The standard InChI is InChI=1S/C17H17N3OS/c21-17(5-1-3-16-4-2-12-22-16)19-14-6-8-15(9-7-14)20-11-10-18-13-20/h2,4,6-13H,1,3,5H2,(H,19,21). The monoisotopic (exact) mass is 311 g/mol. The first-order chi connectivity index (χ1) is 10.8. The zero-order valence-electron chi connectivity index (χ0n) is 12.1. The molecule has 0 radical (unpaired) electrons. The van der Waals surface area contributed by atoms with Gasteiger partial charge in [-0.05, 0) is 48.6 Å². The summed E-state index contributed by atoms with van der Waals surface area (Å²) in [5.41, 5.74) is 1.85. The lowest BCUT2D eigenvalue weighted by atomic mass is 10.2. The highest BCUT2D eigenvalue weighted by Gasteiger charge is 2.04. The van der Waals surface area contributed by atoms with E-state index >= 15 is 0 Å². The van der Waals surface area contributed by atoms with Gasteiger partial charge in [0, 0.05) is 35.1 Å². The maximum absolute atomic E-state index is 11.9. The van der Waals surface area contributed by atoms with Crippen LogP contribution in [-0.2, 0) is 11.2 Å². The Kier molecular flexibility index (Phi) is 4.65. The summed E-state index contributed by atoms with van der Waals surface area (Å²) in [5, 5.41) is 5.00. The molecule has 0 atom stereocenters. The number of hydrogen-bond acceptors (Lipinski definition) is 3. The molecule has 5 heteroatoms. The average molecular weight is 311 g/mol. The van der Waals surface area contributed by atoms with Crippen molar-refractivity contribution < 1.29 is 4.79 Å². The molecule has 1 amide bonds. The maximum atomic E-state index is 11.9. The smallest absolute Gasteiger partial charge is 0.224 e. The minimum atomic E-state index is 0.0620. The van der Waals surface area contributed by atoms with Crippen molar-refractivity contribution in [2.45, 2.75) is 19.3 Å². The van der Waals surface area contributed by atoms with E-state index in [1.54, 1.807) is 23.9 Å². The molecule has 112 valence electrons. The van der Waals surface area contributed by atoms with E-state index in [1.807, 2.05) is 41.1 Å². The first kappa shape index (κ1) is 14.5. The van der Waals surface area contributed by atoms with Gasteiger partial charge in [-0.15, -0.1) is 11.3 Å². The van der Waals surface area contributed by atoms with E-state index in [0.717, 1.165) is 24.2 Å². The number of benzene rings is 1. The summed E-state index contributed by atoms with van der Waals surface area (Å²) >= 11 is 1.74. The summed E-state index contributed by atoms with van der Waals surface area (Å²) in [4.78, 5) is 17.3. The highest BCUT2D eigenvalue weighted by molar-refractivity contribution is 7.09. The number of rotatable bonds is 6. The Morgan fingerprint density at radius 2 is 2.09 bits per heavy atom. The van der Waals surface area contributed by atoms with Crippen LogP contribution in [0.5, 0.6) is 0 Å². The third-order valence-corrected chi connectivity index (χ3v) is 4.30. The molecule has 0 unspecified atom stereocenters. The van der Waals surface area contributed by atoms with Crippen LogP contribution in [0.1, 0.15) is 17.7 Å². The summed E-state index contributed by atoms with van der Waals surface area (Å²) in [6.45, 7) is 0. The summed E-state index contributed by atoms with van der Waals surface area (Å²) in [5.74, 6) is 0.0620. The van der Waals surface area contributed by atoms with Crippen LogP contribution in [0.3, 0.4) is 0 Å². The normalized spacial score (nSPS) is 10.5. The Bertz CT molecular complexity index is 703. The number of aromatic nitrogens is 2. The third-order valence-electron chi connectivity index (χ3n) is 3.36. The van der Waals surface area contributed by atoms with Crippen molar-refractivity contribution in [3.8, 4) is 5.69 Å². The fourth-order valence-corrected chi connectivity index (χ4v) is 2.98. The number of nitrogens with zero attached hydrogens (tertiary/aromatic N) is 2. The Labute approximate surface area is 133 Å². The molecule has 4 nitrogen and oxygen atoms in total. The Balaban J connectivity index is 1.49. The number of imidazole rings is 1. The highest BCUT2D eigenvalue weighted by atomic mass is 32.1. The molecule has 0 bridgehead atoms. The zero-order chi connectivity index (χ0) is 15.2. The van der Waals surface area contributed by atoms with Gasteiger partial charge in [-0.2, -0.15) is 0 Å². The van der Waals surface area contributed by atoms with E-state index in [9.17, 15) is 4.79 Å². The number of carbonyl (C=O) groups excluding carboxylic acids is 1. The molecule has 0 fully saturated rings. The van der Waals surface area contributed by atoms with E-state index in [0.29, 0.717) is 6.42 Å². The molecule has 0 aliphatic rings. The van der Waals surface area contributed by atoms with Crippen LogP contribution in [0.2, 0.25) is 0 Å². The summed E-state index contributed by atoms with van der Waals surface area (Å²) in [6, 6.07) is 11.9. The van der Waals surface area contributed by atoms with E-state index in [1.165, 1.54) is 4.88 Å². The van der Waals surface area contributed by atoms with Crippen molar-refractivity contribution in [1.82, 2.24) is 9.55 Å². The molecule has 3 rings (SSSR count).